The summed E-state index contributed by atoms with van der Waals surface area (Å²) in [5, 5.41) is 6.41. The average Bonchev–Trinajstić information content (AvgIpc) is 3.04. The van der Waals surface area contributed by atoms with Gasteiger partial charge in [0.25, 0.3) is 5.91 Å². The fourth-order valence-electron chi connectivity index (χ4n) is 2.87. The van der Waals surface area contributed by atoms with Gasteiger partial charge in [-0.2, -0.15) is 0 Å². The van der Waals surface area contributed by atoms with Gasteiger partial charge in [-0.1, -0.05) is 11.2 Å². The number of rotatable bonds is 5. The molecule has 2 aromatic rings. The number of carbonyl (C=O) groups excluding carboxylic acids is 2. The quantitative estimate of drug-likeness (QED) is 0.881. The zero-order chi connectivity index (χ0) is 18.5. The van der Waals surface area contributed by atoms with Gasteiger partial charge < -0.3 is 14.7 Å². The molecule has 8 heteroatoms. The maximum atomic E-state index is 13.3. The van der Waals surface area contributed by atoms with Crippen LogP contribution in [0.3, 0.4) is 0 Å². The minimum absolute atomic E-state index is 0.128. The predicted molar refractivity (Wildman–Crippen MR) is 93.2 cm³/mol. The summed E-state index contributed by atoms with van der Waals surface area (Å²) in [4.78, 5) is 28.2. The zero-order valence-corrected chi connectivity index (χ0v) is 14.6. The Morgan fingerprint density at radius 1 is 1.23 bits per heavy atom. The summed E-state index contributed by atoms with van der Waals surface area (Å²) in [5.74, 6) is 0.347. The molecule has 1 aromatic heterocycles. The third kappa shape index (κ3) is 4.66. The highest BCUT2D eigenvalue weighted by atomic mass is 19.1. The number of piperazine rings is 1. The van der Waals surface area contributed by atoms with Crippen LogP contribution in [0.1, 0.15) is 22.5 Å². The van der Waals surface area contributed by atoms with E-state index in [1.807, 2.05) is 0 Å². The second-order valence-electron chi connectivity index (χ2n) is 6.27. The van der Waals surface area contributed by atoms with Gasteiger partial charge in [0.05, 0.1) is 0 Å². The van der Waals surface area contributed by atoms with Gasteiger partial charge in [-0.15, -0.1) is 0 Å². The molecule has 1 fully saturated rings. The van der Waals surface area contributed by atoms with E-state index in [-0.39, 0.29) is 11.8 Å². The highest BCUT2D eigenvalue weighted by Crippen LogP contribution is 2.11. The fourth-order valence-corrected chi connectivity index (χ4v) is 2.87. The molecule has 2 amide bonds. The van der Waals surface area contributed by atoms with Gasteiger partial charge in [0, 0.05) is 50.8 Å². The molecular formula is C18H21FN4O3. The van der Waals surface area contributed by atoms with Crippen molar-refractivity contribution in [2.75, 3.05) is 38.0 Å². The standard InChI is InChI=1S/C18H21FN4O3/c1-13-11-16(21-26-13)20-17(24)5-6-22-7-9-23(10-8-22)18(25)14-3-2-4-15(19)12-14/h2-4,11-12H,5-10H2,1H3,(H,20,21,24). The Balaban J connectivity index is 1.42. The third-order valence-corrected chi connectivity index (χ3v) is 4.28. The minimum Gasteiger partial charge on any atom is -0.360 e. The Morgan fingerprint density at radius 3 is 2.65 bits per heavy atom. The summed E-state index contributed by atoms with van der Waals surface area (Å²) in [5.41, 5.74) is 0.362. The lowest BCUT2D eigenvalue weighted by atomic mass is 10.1. The molecular weight excluding hydrogens is 339 g/mol. The summed E-state index contributed by atoms with van der Waals surface area (Å²) < 4.78 is 18.2. The first-order valence-corrected chi connectivity index (χ1v) is 8.51. The molecule has 0 spiro atoms. The maximum absolute atomic E-state index is 13.3. The molecule has 7 nitrogen and oxygen atoms in total. The van der Waals surface area contributed by atoms with Gasteiger partial charge >= 0.3 is 0 Å². The number of hydrogen-bond acceptors (Lipinski definition) is 5. The monoisotopic (exact) mass is 360 g/mol. The normalized spacial score (nSPS) is 15.1. The lowest BCUT2D eigenvalue weighted by Gasteiger charge is -2.34. The molecule has 1 saturated heterocycles. The minimum atomic E-state index is -0.414. The number of benzene rings is 1. The van der Waals surface area contributed by atoms with Gasteiger partial charge in [0.2, 0.25) is 5.91 Å². The first-order valence-electron chi connectivity index (χ1n) is 8.51. The van der Waals surface area contributed by atoms with Crippen LogP contribution in [-0.4, -0.2) is 59.5 Å². The van der Waals surface area contributed by atoms with E-state index in [1.54, 1.807) is 24.0 Å². The Morgan fingerprint density at radius 2 is 2.00 bits per heavy atom. The molecule has 0 saturated carbocycles. The van der Waals surface area contributed by atoms with Crippen molar-refractivity contribution >= 4 is 17.6 Å². The smallest absolute Gasteiger partial charge is 0.254 e. The van der Waals surface area contributed by atoms with Crippen molar-refractivity contribution in [1.82, 2.24) is 15.0 Å². The highest BCUT2D eigenvalue weighted by Gasteiger charge is 2.22. The summed E-state index contributed by atoms with van der Waals surface area (Å²) in [7, 11) is 0. The number of carbonyl (C=O) groups is 2. The van der Waals surface area contributed by atoms with Crippen LogP contribution >= 0.6 is 0 Å². The van der Waals surface area contributed by atoms with E-state index in [1.165, 1.54) is 18.2 Å². The van der Waals surface area contributed by atoms with Crippen LogP contribution in [0.2, 0.25) is 0 Å². The molecule has 1 aliphatic rings. The SMILES string of the molecule is Cc1cc(NC(=O)CCN2CCN(C(=O)c3cccc(F)c3)CC2)no1. The molecule has 0 atom stereocenters. The number of aryl methyl sites for hydroxylation is 1. The van der Waals surface area contributed by atoms with Crippen LogP contribution in [0.25, 0.3) is 0 Å². The van der Waals surface area contributed by atoms with Crippen molar-refractivity contribution < 1.29 is 18.5 Å². The van der Waals surface area contributed by atoms with Crippen molar-refractivity contribution in [3.63, 3.8) is 0 Å². The average molecular weight is 360 g/mol. The highest BCUT2D eigenvalue weighted by molar-refractivity contribution is 5.94. The molecule has 3 rings (SSSR count). The molecule has 138 valence electrons. The number of anilines is 1. The van der Waals surface area contributed by atoms with Crippen molar-refractivity contribution in [1.29, 1.82) is 0 Å². The van der Waals surface area contributed by atoms with E-state index in [0.29, 0.717) is 56.3 Å². The van der Waals surface area contributed by atoms with E-state index >= 15 is 0 Å². The number of amides is 2. The number of aromatic nitrogens is 1. The molecule has 1 aliphatic heterocycles. The molecule has 0 radical (unpaired) electrons. The number of nitrogens with one attached hydrogen (secondary N) is 1. The number of halogens is 1. The van der Waals surface area contributed by atoms with Crippen LogP contribution in [0, 0.1) is 12.7 Å². The molecule has 0 unspecified atom stereocenters. The Bertz CT molecular complexity index is 784. The van der Waals surface area contributed by atoms with Gasteiger partial charge in [0.15, 0.2) is 5.82 Å². The lowest BCUT2D eigenvalue weighted by Crippen LogP contribution is -2.49. The van der Waals surface area contributed by atoms with Gasteiger partial charge in [0.1, 0.15) is 11.6 Å². The zero-order valence-electron chi connectivity index (χ0n) is 14.6. The summed E-state index contributed by atoms with van der Waals surface area (Å²) in [6.45, 7) is 4.83. The number of nitrogens with zero attached hydrogens (tertiary/aromatic N) is 3. The molecule has 0 bridgehead atoms. The molecule has 0 aliphatic carbocycles. The maximum Gasteiger partial charge on any atom is 0.254 e. The van der Waals surface area contributed by atoms with E-state index < -0.39 is 5.82 Å². The Labute approximate surface area is 150 Å². The van der Waals surface area contributed by atoms with Crippen LogP contribution in [0.5, 0.6) is 0 Å². The van der Waals surface area contributed by atoms with Crippen LogP contribution in [-0.2, 0) is 4.79 Å². The largest absolute Gasteiger partial charge is 0.360 e. The molecule has 26 heavy (non-hydrogen) atoms. The van der Waals surface area contributed by atoms with E-state index in [9.17, 15) is 14.0 Å². The second kappa shape index (κ2) is 8.09. The van der Waals surface area contributed by atoms with Gasteiger partial charge in [-0.05, 0) is 25.1 Å². The molecule has 1 N–H and O–H groups in total. The lowest BCUT2D eigenvalue weighted by molar-refractivity contribution is -0.116. The van der Waals surface area contributed by atoms with Crippen molar-refractivity contribution in [3.8, 4) is 0 Å². The van der Waals surface area contributed by atoms with E-state index in [4.69, 9.17) is 4.52 Å². The van der Waals surface area contributed by atoms with Crippen LogP contribution < -0.4 is 5.32 Å². The summed E-state index contributed by atoms with van der Waals surface area (Å²) in [6.07, 6.45) is 0.337. The first kappa shape index (κ1) is 18.1. The van der Waals surface area contributed by atoms with Crippen molar-refractivity contribution in [2.45, 2.75) is 13.3 Å². The predicted octanol–water partition coefficient (Wildman–Crippen LogP) is 1.91. The van der Waals surface area contributed by atoms with Crippen molar-refractivity contribution in [3.05, 3.63) is 47.5 Å². The van der Waals surface area contributed by atoms with E-state index in [0.717, 1.165) is 0 Å². The van der Waals surface area contributed by atoms with Crippen LogP contribution in [0.4, 0.5) is 10.2 Å². The van der Waals surface area contributed by atoms with Crippen molar-refractivity contribution in [2.24, 2.45) is 0 Å². The van der Waals surface area contributed by atoms with Crippen LogP contribution in [0.15, 0.2) is 34.9 Å². The Kier molecular flexibility index (Phi) is 5.62. The molecule has 1 aromatic carbocycles. The topological polar surface area (TPSA) is 78.7 Å². The first-order chi connectivity index (χ1) is 12.5. The summed E-state index contributed by atoms with van der Waals surface area (Å²) in [6, 6.07) is 7.39. The fraction of sp³-hybridized carbons (Fsp3) is 0.389. The number of hydrogen-bond donors (Lipinski definition) is 1. The molecule has 2 heterocycles. The van der Waals surface area contributed by atoms with Gasteiger partial charge in [-0.3, -0.25) is 14.5 Å². The van der Waals surface area contributed by atoms with Gasteiger partial charge in [-0.25, -0.2) is 4.39 Å². The summed E-state index contributed by atoms with van der Waals surface area (Å²) >= 11 is 0. The third-order valence-electron chi connectivity index (χ3n) is 4.28. The Hall–Kier alpha value is -2.74. The van der Waals surface area contributed by atoms with E-state index in [2.05, 4.69) is 15.4 Å². The second-order valence-corrected chi connectivity index (χ2v) is 6.27.